The Morgan fingerprint density at radius 1 is 1.04 bits per heavy atom. The average Bonchev–Trinajstić information content (AvgIpc) is 3.12. The predicted octanol–water partition coefficient (Wildman–Crippen LogP) is 4.49. The molecule has 0 N–H and O–H groups in total. The summed E-state index contributed by atoms with van der Waals surface area (Å²) in [5.74, 6) is 0.914. The highest BCUT2D eigenvalue weighted by Crippen LogP contribution is 2.25. The van der Waals surface area contributed by atoms with Crippen molar-refractivity contribution < 1.29 is 9.21 Å². The lowest BCUT2D eigenvalue weighted by atomic mass is 10.1. The minimum absolute atomic E-state index is 0.0238. The summed E-state index contributed by atoms with van der Waals surface area (Å²) in [6.07, 6.45) is 0. The molecular formula is C21H23N3O2S. The quantitative estimate of drug-likeness (QED) is 0.589. The van der Waals surface area contributed by atoms with Gasteiger partial charge in [0.25, 0.3) is 0 Å². The fraction of sp³-hybridized carbons (Fsp3) is 0.286. The number of hydrogen-bond acceptors (Lipinski definition) is 5. The van der Waals surface area contributed by atoms with Crippen molar-refractivity contribution in [1.29, 1.82) is 0 Å². The van der Waals surface area contributed by atoms with Crippen molar-refractivity contribution in [2.24, 2.45) is 0 Å². The normalized spacial score (nSPS) is 12.0. The number of amides is 1. The molecule has 0 saturated heterocycles. The van der Waals surface area contributed by atoms with E-state index < -0.39 is 0 Å². The van der Waals surface area contributed by atoms with Gasteiger partial charge in [-0.15, -0.1) is 22.0 Å². The molecule has 140 valence electrons. The van der Waals surface area contributed by atoms with Crippen LogP contribution in [0, 0.1) is 13.8 Å². The summed E-state index contributed by atoms with van der Waals surface area (Å²) in [4.78, 5) is 15.3. The van der Waals surface area contributed by atoms with Gasteiger partial charge in [0.05, 0.1) is 11.8 Å². The molecule has 0 radical (unpaired) electrons. The molecule has 1 amide bonds. The van der Waals surface area contributed by atoms with Crippen molar-refractivity contribution in [3.63, 3.8) is 0 Å². The lowest BCUT2D eigenvalue weighted by Crippen LogP contribution is -2.32. The van der Waals surface area contributed by atoms with Crippen molar-refractivity contribution in [2.75, 3.05) is 7.05 Å². The summed E-state index contributed by atoms with van der Waals surface area (Å²) >= 11 is 1.54. The predicted molar refractivity (Wildman–Crippen MR) is 107 cm³/mol. The molecule has 6 heteroatoms. The smallest absolute Gasteiger partial charge is 0.247 e. The van der Waals surface area contributed by atoms with Gasteiger partial charge in [-0.1, -0.05) is 35.4 Å². The zero-order chi connectivity index (χ0) is 19.4. The Labute approximate surface area is 163 Å². The van der Waals surface area contributed by atoms with Gasteiger partial charge in [-0.25, -0.2) is 0 Å². The first-order valence-corrected chi connectivity index (χ1v) is 9.68. The minimum Gasteiger partial charge on any atom is -0.419 e. The van der Waals surface area contributed by atoms with E-state index in [0.717, 1.165) is 10.5 Å². The highest BCUT2D eigenvalue weighted by Gasteiger charge is 2.21. The Hall–Kier alpha value is -2.60. The van der Waals surface area contributed by atoms with Gasteiger partial charge in [-0.05, 0) is 45.0 Å². The first-order chi connectivity index (χ1) is 12.9. The van der Waals surface area contributed by atoms with Crippen LogP contribution in [-0.4, -0.2) is 33.3 Å². The van der Waals surface area contributed by atoms with Gasteiger partial charge in [0.1, 0.15) is 0 Å². The number of aromatic nitrogens is 2. The molecule has 5 nitrogen and oxygen atoms in total. The number of thioether (sulfide) groups is 1. The third-order valence-electron chi connectivity index (χ3n) is 4.20. The van der Waals surface area contributed by atoms with Crippen molar-refractivity contribution in [3.8, 4) is 11.5 Å². The standard InChI is InChI=1S/C21H23N3O2S/c1-14-5-9-17(10-6-14)20-23-22-19(26-20)13-24(4)21(25)16(3)27-18-11-7-15(2)8-12-18/h5-12,16H,13H2,1-4H3/t16-/m1/s1. The second kappa shape index (κ2) is 8.39. The van der Waals surface area contributed by atoms with Gasteiger partial charge in [-0.3, -0.25) is 4.79 Å². The molecule has 1 aromatic heterocycles. The number of rotatable bonds is 6. The van der Waals surface area contributed by atoms with Crippen molar-refractivity contribution in [3.05, 3.63) is 65.5 Å². The molecule has 0 spiro atoms. The second-order valence-corrected chi connectivity index (χ2v) is 8.05. The maximum Gasteiger partial charge on any atom is 0.247 e. The number of carbonyl (C=O) groups excluding carboxylic acids is 1. The number of aryl methyl sites for hydroxylation is 2. The van der Waals surface area contributed by atoms with E-state index in [1.807, 2.05) is 69.3 Å². The first-order valence-electron chi connectivity index (χ1n) is 8.80. The Kier molecular flexibility index (Phi) is 5.96. The van der Waals surface area contributed by atoms with Crippen molar-refractivity contribution in [1.82, 2.24) is 15.1 Å². The Morgan fingerprint density at radius 2 is 1.63 bits per heavy atom. The summed E-state index contributed by atoms with van der Waals surface area (Å²) in [5.41, 5.74) is 3.25. The summed E-state index contributed by atoms with van der Waals surface area (Å²) in [7, 11) is 1.75. The maximum atomic E-state index is 12.6. The molecule has 3 aromatic rings. The van der Waals surface area contributed by atoms with E-state index >= 15 is 0 Å². The van der Waals surface area contributed by atoms with Crippen LogP contribution in [0.25, 0.3) is 11.5 Å². The Morgan fingerprint density at radius 3 is 2.26 bits per heavy atom. The summed E-state index contributed by atoms with van der Waals surface area (Å²) < 4.78 is 5.72. The molecule has 27 heavy (non-hydrogen) atoms. The monoisotopic (exact) mass is 381 g/mol. The van der Waals surface area contributed by atoms with E-state index in [1.165, 1.54) is 11.1 Å². The van der Waals surface area contributed by atoms with Crippen LogP contribution >= 0.6 is 11.8 Å². The molecule has 3 rings (SSSR count). The molecule has 0 fully saturated rings. The van der Waals surface area contributed by atoms with Gasteiger partial charge in [0, 0.05) is 17.5 Å². The van der Waals surface area contributed by atoms with Crippen LogP contribution in [-0.2, 0) is 11.3 Å². The topological polar surface area (TPSA) is 59.2 Å². The lowest BCUT2D eigenvalue weighted by molar-refractivity contribution is -0.129. The molecule has 0 bridgehead atoms. The van der Waals surface area contributed by atoms with E-state index in [9.17, 15) is 4.79 Å². The zero-order valence-corrected chi connectivity index (χ0v) is 16.8. The van der Waals surface area contributed by atoms with E-state index in [4.69, 9.17) is 4.42 Å². The van der Waals surface area contributed by atoms with Crippen LogP contribution in [0.3, 0.4) is 0 Å². The van der Waals surface area contributed by atoms with Crippen LogP contribution < -0.4 is 0 Å². The fourth-order valence-electron chi connectivity index (χ4n) is 2.59. The fourth-order valence-corrected chi connectivity index (χ4v) is 3.58. The third-order valence-corrected chi connectivity index (χ3v) is 5.30. The summed E-state index contributed by atoms with van der Waals surface area (Å²) in [6.45, 7) is 6.27. The van der Waals surface area contributed by atoms with Crippen LogP contribution in [0.1, 0.15) is 23.9 Å². The largest absolute Gasteiger partial charge is 0.419 e. The summed E-state index contributed by atoms with van der Waals surface area (Å²) in [5, 5.41) is 7.97. The minimum atomic E-state index is -0.197. The maximum absolute atomic E-state index is 12.6. The Bertz CT molecular complexity index is 904. The first kappa shape index (κ1) is 19.2. The lowest BCUT2D eigenvalue weighted by Gasteiger charge is -2.19. The molecule has 0 aliphatic rings. The molecule has 0 saturated carbocycles. The summed E-state index contributed by atoms with van der Waals surface area (Å²) in [6, 6.07) is 16.1. The molecule has 0 aliphatic carbocycles. The van der Waals surface area contributed by atoms with E-state index in [1.54, 1.807) is 23.7 Å². The van der Waals surface area contributed by atoms with Gasteiger partial charge in [0.2, 0.25) is 17.7 Å². The van der Waals surface area contributed by atoms with Crippen LogP contribution in [0.4, 0.5) is 0 Å². The molecule has 0 aliphatic heterocycles. The molecule has 0 unspecified atom stereocenters. The number of nitrogens with zero attached hydrogens (tertiary/aromatic N) is 3. The van der Waals surface area contributed by atoms with Gasteiger partial charge >= 0.3 is 0 Å². The number of carbonyl (C=O) groups is 1. The van der Waals surface area contributed by atoms with Crippen molar-refractivity contribution in [2.45, 2.75) is 37.5 Å². The van der Waals surface area contributed by atoms with Gasteiger partial charge in [-0.2, -0.15) is 0 Å². The van der Waals surface area contributed by atoms with E-state index in [0.29, 0.717) is 11.8 Å². The van der Waals surface area contributed by atoms with Crippen LogP contribution in [0.2, 0.25) is 0 Å². The number of hydrogen-bond donors (Lipinski definition) is 0. The van der Waals surface area contributed by atoms with Gasteiger partial charge < -0.3 is 9.32 Å². The molecular weight excluding hydrogens is 358 g/mol. The third kappa shape index (κ3) is 4.98. The highest BCUT2D eigenvalue weighted by molar-refractivity contribution is 8.00. The van der Waals surface area contributed by atoms with E-state index in [2.05, 4.69) is 10.2 Å². The zero-order valence-electron chi connectivity index (χ0n) is 16.0. The van der Waals surface area contributed by atoms with Crippen LogP contribution in [0.5, 0.6) is 0 Å². The van der Waals surface area contributed by atoms with Crippen molar-refractivity contribution >= 4 is 17.7 Å². The SMILES string of the molecule is Cc1ccc(S[C@H](C)C(=O)N(C)Cc2nnc(-c3ccc(C)cc3)o2)cc1. The number of benzene rings is 2. The Balaban J connectivity index is 1.60. The van der Waals surface area contributed by atoms with E-state index in [-0.39, 0.29) is 17.7 Å². The molecule has 2 aromatic carbocycles. The molecule has 1 atom stereocenters. The molecule has 1 heterocycles. The highest BCUT2D eigenvalue weighted by atomic mass is 32.2. The van der Waals surface area contributed by atoms with Gasteiger partial charge in [0.15, 0.2) is 0 Å². The van der Waals surface area contributed by atoms with Crippen LogP contribution in [0.15, 0.2) is 57.8 Å². The second-order valence-electron chi connectivity index (χ2n) is 6.63. The average molecular weight is 382 g/mol.